The maximum atomic E-state index is 12.4. The van der Waals surface area contributed by atoms with Crippen molar-refractivity contribution in [3.63, 3.8) is 0 Å². The predicted molar refractivity (Wildman–Crippen MR) is 58.8 cm³/mol. The van der Waals surface area contributed by atoms with E-state index >= 15 is 0 Å². The fraction of sp³-hybridized carbons (Fsp3) is 0.0833. The van der Waals surface area contributed by atoms with Gasteiger partial charge in [-0.2, -0.15) is 13.2 Å². The molecule has 2 heterocycles. The van der Waals surface area contributed by atoms with Crippen molar-refractivity contribution < 1.29 is 17.6 Å². The number of aromatic amines is 1. The molecule has 6 heteroatoms. The average molecular weight is 252 g/mol. The molecule has 3 aromatic rings. The monoisotopic (exact) mass is 252 g/mol. The Morgan fingerprint density at radius 2 is 1.94 bits per heavy atom. The molecule has 92 valence electrons. The van der Waals surface area contributed by atoms with Crippen LogP contribution in [0.3, 0.4) is 0 Å². The van der Waals surface area contributed by atoms with Gasteiger partial charge in [0.05, 0.1) is 11.9 Å². The molecule has 0 saturated carbocycles. The van der Waals surface area contributed by atoms with E-state index < -0.39 is 12.0 Å². The van der Waals surface area contributed by atoms with Gasteiger partial charge in [0.1, 0.15) is 11.8 Å². The first-order valence-corrected chi connectivity index (χ1v) is 5.14. The van der Waals surface area contributed by atoms with Crippen molar-refractivity contribution in [1.29, 1.82) is 0 Å². The molecule has 0 fully saturated rings. The number of rotatable bonds is 1. The van der Waals surface area contributed by atoms with E-state index in [0.717, 1.165) is 11.6 Å². The molecule has 0 aliphatic rings. The summed E-state index contributed by atoms with van der Waals surface area (Å²) in [6.07, 6.45) is -1.91. The molecule has 3 rings (SSSR count). The number of alkyl halides is 3. The number of para-hydroxylation sites is 1. The highest BCUT2D eigenvalue weighted by atomic mass is 19.4. The topological polar surface area (TPSA) is 41.8 Å². The number of halogens is 3. The van der Waals surface area contributed by atoms with Crippen LogP contribution in [0, 0.1) is 0 Å². The Balaban J connectivity index is 2.13. The van der Waals surface area contributed by atoms with Crippen LogP contribution in [0.2, 0.25) is 0 Å². The molecular weight excluding hydrogens is 245 g/mol. The Kier molecular flexibility index (Phi) is 2.19. The van der Waals surface area contributed by atoms with E-state index in [1.165, 1.54) is 6.26 Å². The molecule has 2 aromatic heterocycles. The second-order valence-corrected chi connectivity index (χ2v) is 3.79. The van der Waals surface area contributed by atoms with E-state index in [0.29, 0.717) is 11.1 Å². The molecule has 0 aliphatic carbocycles. The molecule has 0 unspecified atom stereocenters. The first kappa shape index (κ1) is 10.9. The van der Waals surface area contributed by atoms with Gasteiger partial charge < -0.3 is 9.40 Å². The first-order chi connectivity index (χ1) is 8.55. The van der Waals surface area contributed by atoms with E-state index in [9.17, 15) is 13.2 Å². The largest absolute Gasteiger partial charge is 0.464 e. The molecule has 18 heavy (non-hydrogen) atoms. The minimum atomic E-state index is -4.47. The van der Waals surface area contributed by atoms with Gasteiger partial charge in [-0.1, -0.05) is 18.2 Å². The molecule has 0 bridgehead atoms. The van der Waals surface area contributed by atoms with Crippen molar-refractivity contribution in [2.45, 2.75) is 6.18 Å². The van der Waals surface area contributed by atoms with Crippen molar-refractivity contribution in [3.05, 3.63) is 42.5 Å². The van der Waals surface area contributed by atoms with Crippen molar-refractivity contribution in [3.8, 4) is 11.3 Å². The summed E-state index contributed by atoms with van der Waals surface area (Å²) < 4.78 is 42.6. The summed E-state index contributed by atoms with van der Waals surface area (Å²) in [5, 5.41) is 0.745. The minimum Gasteiger partial charge on any atom is -0.464 e. The lowest BCUT2D eigenvalue weighted by Gasteiger charge is -2.00. The second-order valence-electron chi connectivity index (χ2n) is 3.79. The quantitative estimate of drug-likeness (QED) is 0.714. The van der Waals surface area contributed by atoms with Crippen molar-refractivity contribution >= 4 is 11.0 Å². The SMILES string of the molecule is FC(F)(F)c1ncc(-c2coc3ccccc23)[nH]1. The number of hydrogen-bond donors (Lipinski definition) is 1. The maximum absolute atomic E-state index is 12.4. The van der Waals surface area contributed by atoms with E-state index in [1.54, 1.807) is 24.3 Å². The third-order valence-corrected chi connectivity index (χ3v) is 2.62. The average Bonchev–Trinajstić information content (AvgIpc) is 2.94. The smallest absolute Gasteiger partial charge is 0.449 e. The number of nitrogens with one attached hydrogen (secondary N) is 1. The van der Waals surface area contributed by atoms with Crippen LogP contribution in [0.25, 0.3) is 22.2 Å². The summed E-state index contributed by atoms with van der Waals surface area (Å²) in [6.45, 7) is 0. The van der Waals surface area contributed by atoms with Gasteiger partial charge in [-0.25, -0.2) is 4.98 Å². The normalized spacial score (nSPS) is 12.2. The van der Waals surface area contributed by atoms with E-state index in [4.69, 9.17) is 4.42 Å². The van der Waals surface area contributed by atoms with E-state index in [-0.39, 0.29) is 5.69 Å². The third-order valence-electron chi connectivity index (χ3n) is 2.62. The lowest BCUT2D eigenvalue weighted by molar-refractivity contribution is -0.144. The van der Waals surface area contributed by atoms with Gasteiger partial charge in [-0.15, -0.1) is 0 Å². The van der Waals surface area contributed by atoms with Gasteiger partial charge in [-0.3, -0.25) is 0 Å². The highest BCUT2D eigenvalue weighted by molar-refractivity contribution is 5.92. The fourth-order valence-electron chi connectivity index (χ4n) is 1.79. The lowest BCUT2D eigenvalue weighted by atomic mass is 10.1. The Hall–Kier alpha value is -2.24. The predicted octanol–water partition coefficient (Wildman–Crippen LogP) is 3.84. The van der Waals surface area contributed by atoms with E-state index in [2.05, 4.69) is 9.97 Å². The number of benzene rings is 1. The van der Waals surface area contributed by atoms with Crippen LogP contribution in [0.15, 0.2) is 41.1 Å². The van der Waals surface area contributed by atoms with Gasteiger partial charge in [0.2, 0.25) is 5.82 Å². The number of H-pyrrole nitrogens is 1. The molecule has 0 atom stereocenters. The molecular formula is C12H7F3N2O. The summed E-state index contributed by atoms with van der Waals surface area (Å²) >= 11 is 0. The molecule has 1 N–H and O–H groups in total. The van der Waals surface area contributed by atoms with Gasteiger partial charge in [0.15, 0.2) is 0 Å². The first-order valence-electron chi connectivity index (χ1n) is 5.14. The van der Waals surface area contributed by atoms with E-state index in [1.807, 2.05) is 0 Å². The van der Waals surface area contributed by atoms with Gasteiger partial charge in [0.25, 0.3) is 0 Å². The number of imidazole rings is 1. The zero-order valence-corrected chi connectivity index (χ0v) is 8.95. The molecule has 0 aliphatic heterocycles. The molecule has 0 saturated heterocycles. The summed E-state index contributed by atoms with van der Waals surface area (Å²) in [5.74, 6) is -1.01. The zero-order chi connectivity index (χ0) is 12.8. The fourth-order valence-corrected chi connectivity index (χ4v) is 1.79. The number of hydrogen-bond acceptors (Lipinski definition) is 2. The zero-order valence-electron chi connectivity index (χ0n) is 8.95. The number of furan rings is 1. The highest BCUT2D eigenvalue weighted by Gasteiger charge is 2.34. The van der Waals surface area contributed by atoms with Crippen LogP contribution in [-0.4, -0.2) is 9.97 Å². The van der Waals surface area contributed by atoms with Crippen molar-refractivity contribution in [2.75, 3.05) is 0 Å². The van der Waals surface area contributed by atoms with Crippen LogP contribution in [0.5, 0.6) is 0 Å². The molecule has 1 aromatic carbocycles. The molecule has 0 amide bonds. The summed E-state index contributed by atoms with van der Waals surface area (Å²) in [7, 11) is 0. The Morgan fingerprint density at radius 1 is 1.17 bits per heavy atom. The van der Waals surface area contributed by atoms with Gasteiger partial charge >= 0.3 is 6.18 Å². The van der Waals surface area contributed by atoms with Crippen molar-refractivity contribution in [1.82, 2.24) is 9.97 Å². The van der Waals surface area contributed by atoms with Gasteiger partial charge in [0, 0.05) is 10.9 Å². The molecule has 0 radical (unpaired) electrons. The standard InChI is InChI=1S/C12H7F3N2O/c13-12(14,15)11-16-5-9(17-11)8-6-18-10-4-2-1-3-7(8)10/h1-6H,(H,16,17). The van der Waals surface area contributed by atoms with Crippen LogP contribution >= 0.6 is 0 Å². The Bertz CT molecular complexity index is 696. The minimum absolute atomic E-state index is 0.285. The van der Waals surface area contributed by atoms with Gasteiger partial charge in [-0.05, 0) is 6.07 Å². The number of aromatic nitrogens is 2. The highest BCUT2D eigenvalue weighted by Crippen LogP contribution is 2.32. The molecule has 0 spiro atoms. The maximum Gasteiger partial charge on any atom is 0.449 e. The second kappa shape index (κ2) is 3.63. The Labute approximate surface area is 99.3 Å². The van der Waals surface area contributed by atoms with Crippen LogP contribution in [0.1, 0.15) is 5.82 Å². The summed E-state index contributed by atoms with van der Waals surface area (Å²) in [6, 6.07) is 7.12. The lowest BCUT2D eigenvalue weighted by Crippen LogP contribution is -2.06. The number of nitrogens with zero attached hydrogens (tertiary/aromatic N) is 1. The summed E-state index contributed by atoms with van der Waals surface area (Å²) in [4.78, 5) is 5.58. The molecule has 3 nitrogen and oxygen atoms in total. The third kappa shape index (κ3) is 1.66. The Morgan fingerprint density at radius 3 is 2.67 bits per heavy atom. The van der Waals surface area contributed by atoms with Crippen LogP contribution < -0.4 is 0 Å². The van der Waals surface area contributed by atoms with Crippen LogP contribution in [0.4, 0.5) is 13.2 Å². The van der Waals surface area contributed by atoms with Crippen molar-refractivity contribution in [2.24, 2.45) is 0 Å². The summed E-state index contributed by atoms with van der Waals surface area (Å²) in [5.41, 5.74) is 1.47. The number of fused-ring (bicyclic) bond motifs is 1. The van der Waals surface area contributed by atoms with Crippen LogP contribution in [-0.2, 0) is 6.18 Å².